The first kappa shape index (κ1) is 16.2. The van der Waals surface area contributed by atoms with Crippen LogP contribution in [-0.2, 0) is 0 Å². The Morgan fingerprint density at radius 3 is 2.11 bits per heavy atom. The molecule has 2 aliphatic heterocycles. The molecule has 0 amide bonds. The maximum Gasteiger partial charge on any atom is 0.227 e. The number of hydrogen-bond donors (Lipinski definition) is 0. The highest BCUT2D eigenvalue weighted by Crippen LogP contribution is 2.22. The fraction of sp³-hybridized carbons (Fsp3) is 0.400. The molecular formula is C20H23N7. The van der Waals surface area contributed by atoms with Gasteiger partial charge in [-0.05, 0) is 31.0 Å². The van der Waals surface area contributed by atoms with Gasteiger partial charge in [0.05, 0.1) is 17.2 Å². The molecule has 7 nitrogen and oxygen atoms in total. The highest BCUT2D eigenvalue weighted by atomic mass is 15.3. The first-order chi connectivity index (χ1) is 13.4. The largest absolute Gasteiger partial charge is 0.353 e. The molecule has 5 rings (SSSR count). The molecule has 3 aromatic rings. The second-order valence-corrected chi connectivity index (χ2v) is 7.10. The van der Waals surface area contributed by atoms with Crippen molar-refractivity contribution in [3.05, 3.63) is 42.7 Å². The van der Waals surface area contributed by atoms with Gasteiger partial charge in [0.25, 0.3) is 0 Å². The van der Waals surface area contributed by atoms with Crippen LogP contribution in [0.3, 0.4) is 0 Å². The topological polar surface area (TPSA) is 61.3 Å². The lowest BCUT2D eigenvalue weighted by molar-refractivity contribution is 0.640. The molecular weight excluding hydrogens is 338 g/mol. The van der Waals surface area contributed by atoms with Crippen molar-refractivity contribution < 1.29 is 0 Å². The third-order valence-electron chi connectivity index (χ3n) is 5.38. The van der Waals surface area contributed by atoms with E-state index < -0.39 is 0 Å². The summed E-state index contributed by atoms with van der Waals surface area (Å²) in [6, 6.07) is 10.0. The molecule has 1 aromatic carbocycles. The number of nitrogens with zero attached hydrogens (tertiary/aromatic N) is 7. The zero-order chi connectivity index (χ0) is 18.1. The van der Waals surface area contributed by atoms with Crippen molar-refractivity contribution in [3.63, 3.8) is 0 Å². The monoisotopic (exact) mass is 361 g/mol. The fourth-order valence-electron chi connectivity index (χ4n) is 3.85. The second kappa shape index (κ2) is 6.98. The summed E-state index contributed by atoms with van der Waals surface area (Å²) in [7, 11) is 0. The van der Waals surface area contributed by atoms with Crippen molar-refractivity contribution in [1.82, 2.24) is 19.9 Å². The van der Waals surface area contributed by atoms with Gasteiger partial charge in [0, 0.05) is 45.5 Å². The van der Waals surface area contributed by atoms with Crippen LogP contribution in [0.25, 0.3) is 11.0 Å². The van der Waals surface area contributed by atoms with E-state index in [4.69, 9.17) is 9.97 Å². The Hall–Kier alpha value is -2.96. The summed E-state index contributed by atoms with van der Waals surface area (Å²) in [5.41, 5.74) is 1.89. The van der Waals surface area contributed by atoms with Crippen LogP contribution < -0.4 is 14.7 Å². The number of para-hydroxylation sites is 2. The lowest BCUT2D eigenvalue weighted by atomic mass is 10.3. The minimum absolute atomic E-state index is 0.868. The van der Waals surface area contributed by atoms with Crippen molar-refractivity contribution in [2.45, 2.75) is 12.8 Å². The van der Waals surface area contributed by atoms with Crippen molar-refractivity contribution in [2.75, 3.05) is 54.0 Å². The molecule has 4 heterocycles. The summed E-state index contributed by atoms with van der Waals surface area (Å²) in [4.78, 5) is 25.5. The van der Waals surface area contributed by atoms with Crippen LogP contribution in [-0.4, -0.2) is 59.2 Å². The SMILES string of the molecule is c1ccc2nc(N3CCN(c4ccnc(N5CCCC5)n4)CC3)cnc2c1. The molecule has 0 bridgehead atoms. The number of fused-ring (bicyclic) bond motifs is 1. The number of aromatic nitrogens is 4. The molecule has 0 spiro atoms. The molecule has 0 aliphatic carbocycles. The third-order valence-corrected chi connectivity index (χ3v) is 5.38. The molecule has 0 unspecified atom stereocenters. The van der Waals surface area contributed by atoms with Gasteiger partial charge in [0.1, 0.15) is 11.6 Å². The Labute approximate surface area is 158 Å². The van der Waals surface area contributed by atoms with Crippen molar-refractivity contribution >= 4 is 28.6 Å². The Balaban J connectivity index is 1.29. The Morgan fingerprint density at radius 2 is 1.33 bits per heavy atom. The van der Waals surface area contributed by atoms with Crippen LogP contribution in [0.15, 0.2) is 42.7 Å². The first-order valence-corrected chi connectivity index (χ1v) is 9.66. The van der Waals surface area contributed by atoms with Gasteiger partial charge in [-0.3, -0.25) is 4.98 Å². The molecule has 138 valence electrons. The summed E-state index contributed by atoms with van der Waals surface area (Å²) in [5, 5.41) is 0. The summed E-state index contributed by atoms with van der Waals surface area (Å²) in [5.74, 6) is 2.85. The number of rotatable bonds is 3. The quantitative estimate of drug-likeness (QED) is 0.709. The van der Waals surface area contributed by atoms with Gasteiger partial charge in [-0.15, -0.1) is 0 Å². The Bertz CT molecular complexity index is 930. The standard InChI is InChI=1S/C20H23N7/c1-2-6-17-16(5-1)22-15-19(23-17)26-13-11-25(12-14-26)18-7-8-21-20(24-18)27-9-3-4-10-27/h1-2,5-8,15H,3-4,9-14H2. The van der Waals surface area contributed by atoms with E-state index >= 15 is 0 Å². The number of piperazine rings is 1. The minimum atomic E-state index is 0.868. The van der Waals surface area contributed by atoms with E-state index in [1.807, 2.05) is 42.7 Å². The Morgan fingerprint density at radius 1 is 0.630 bits per heavy atom. The summed E-state index contributed by atoms with van der Waals surface area (Å²) in [6.07, 6.45) is 6.24. The summed E-state index contributed by atoms with van der Waals surface area (Å²) >= 11 is 0. The van der Waals surface area contributed by atoms with Gasteiger partial charge in [-0.1, -0.05) is 12.1 Å². The van der Waals surface area contributed by atoms with E-state index in [1.165, 1.54) is 12.8 Å². The van der Waals surface area contributed by atoms with Crippen LogP contribution in [0.4, 0.5) is 17.6 Å². The van der Waals surface area contributed by atoms with E-state index in [2.05, 4.69) is 24.7 Å². The smallest absolute Gasteiger partial charge is 0.227 e. The fourth-order valence-corrected chi connectivity index (χ4v) is 3.85. The molecule has 7 heteroatoms. The summed E-state index contributed by atoms with van der Waals surface area (Å²) < 4.78 is 0. The van der Waals surface area contributed by atoms with Crippen LogP contribution in [0, 0.1) is 0 Å². The van der Waals surface area contributed by atoms with Crippen LogP contribution in [0.1, 0.15) is 12.8 Å². The average Bonchev–Trinajstić information content (AvgIpc) is 3.29. The van der Waals surface area contributed by atoms with Gasteiger partial charge < -0.3 is 14.7 Å². The number of hydrogen-bond acceptors (Lipinski definition) is 7. The third kappa shape index (κ3) is 3.25. The van der Waals surface area contributed by atoms with Crippen LogP contribution in [0.2, 0.25) is 0 Å². The lowest BCUT2D eigenvalue weighted by Crippen LogP contribution is -2.47. The first-order valence-electron chi connectivity index (χ1n) is 9.66. The summed E-state index contributed by atoms with van der Waals surface area (Å²) in [6.45, 7) is 5.80. The van der Waals surface area contributed by atoms with Crippen LogP contribution >= 0.6 is 0 Å². The lowest BCUT2D eigenvalue weighted by Gasteiger charge is -2.36. The number of benzene rings is 1. The average molecular weight is 361 g/mol. The second-order valence-electron chi connectivity index (χ2n) is 7.10. The molecule has 0 atom stereocenters. The molecule has 2 aliphatic rings. The van der Waals surface area contributed by atoms with Gasteiger partial charge >= 0.3 is 0 Å². The molecule has 0 N–H and O–H groups in total. The van der Waals surface area contributed by atoms with Crippen molar-refractivity contribution in [2.24, 2.45) is 0 Å². The van der Waals surface area contributed by atoms with Crippen molar-refractivity contribution in [1.29, 1.82) is 0 Å². The molecule has 2 saturated heterocycles. The highest BCUT2D eigenvalue weighted by Gasteiger charge is 2.21. The molecule has 0 saturated carbocycles. The Kier molecular flexibility index (Phi) is 4.20. The van der Waals surface area contributed by atoms with Crippen molar-refractivity contribution in [3.8, 4) is 0 Å². The maximum atomic E-state index is 4.81. The molecule has 27 heavy (non-hydrogen) atoms. The van der Waals surface area contributed by atoms with Crippen LogP contribution in [0.5, 0.6) is 0 Å². The predicted octanol–water partition coefficient (Wildman–Crippen LogP) is 2.35. The van der Waals surface area contributed by atoms with Gasteiger partial charge in [0.2, 0.25) is 5.95 Å². The number of anilines is 3. The molecule has 0 radical (unpaired) electrons. The molecule has 2 aromatic heterocycles. The zero-order valence-electron chi connectivity index (χ0n) is 15.3. The normalized spacial score (nSPS) is 17.7. The maximum absolute atomic E-state index is 4.81. The van der Waals surface area contributed by atoms with E-state index in [0.29, 0.717) is 0 Å². The predicted molar refractivity (Wildman–Crippen MR) is 107 cm³/mol. The van der Waals surface area contributed by atoms with E-state index in [9.17, 15) is 0 Å². The molecule has 2 fully saturated rings. The zero-order valence-corrected chi connectivity index (χ0v) is 15.3. The minimum Gasteiger partial charge on any atom is -0.353 e. The van der Waals surface area contributed by atoms with E-state index in [0.717, 1.165) is 67.9 Å². The van der Waals surface area contributed by atoms with E-state index in [1.54, 1.807) is 0 Å². The highest BCUT2D eigenvalue weighted by molar-refractivity contribution is 5.75. The van der Waals surface area contributed by atoms with Gasteiger partial charge in [-0.2, -0.15) is 4.98 Å². The van der Waals surface area contributed by atoms with Gasteiger partial charge in [-0.25, -0.2) is 9.97 Å². The van der Waals surface area contributed by atoms with E-state index in [-0.39, 0.29) is 0 Å². The van der Waals surface area contributed by atoms with Gasteiger partial charge in [0.15, 0.2) is 0 Å².